The van der Waals surface area contributed by atoms with Gasteiger partial charge in [0.2, 0.25) is 0 Å². The van der Waals surface area contributed by atoms with Gasteiger partial charge < -0.3 is 5.32 Å². The highest BCUT2D eigenvalue weighted by Gasteiger charge is 2.22. The summed E-state index contributed by atoms with van der Waals surface area (Å²) in [5.74, 6) is 0.901. The molecule has 21 heavy (non-hydrogen) atoms. The minimum atomic E-state index is 0.487. The molecule has 0 saturated heterocycles. The summed E-state index contributed by atoms with van der Waals surface area (Å²) in [4.78, 5) is 0. The lowest BCUT2D eigenvalue weighted by atomic mass is 9.84. The molecule has 0 aromatic carbocycles. The lowest BCUT2D eigenvalue weighted by molar-refractivity contribution is 0.293. The van der Waals surface area contributed by atoms with Crippen molar-refractivity contribution in [3.05, 3.63) is 17.5 Å². The van der Waals surface area contributed by atoms with Crippen molar-refractivity contribution >= 4 is 0 Å². The molecule has 0 aliphatic heterocycles. The van der Waals surface area contributed by atoms with Crippen molar-refractivity contribution in [3.8, 4) is 0 Å². The Morgan fingerprint density at radius 1 is 1.24 bits per heavy atom. The fourth-order valence-corrected chi connectivity index (χ4v) is 3.58. The molecule has 2 rings (SSSR count). The molecule has 120 valence electrons. The molecule has 1 atom stereocenters. The standard InChI is InChI=1S/C18H33N3/c1-4-12-19-17(13-15-10-8-7-9-11-15)18-14-16(5-2)20-21(18)6-3/h14-15,17,19H,4-13H2,1-3H3. The highest BCUT2D eigenvalue weighted by Crippen LogP contribution is 2.32. The van der Waals surface area contributed by atoms with Crippen LogP contribution in [-0.2, 0) is 13.0 Å². The largest absolute Gasteiger partial charge is 0.309 e. The van der Waals surface area contributed by atoms with E-state index in [2.05, 4.69) is 36.8 Å². The van der Waals surface area contributed by atoms with Crippen LogP contribution in [0.5, 0.6) is 0 Å². The second-order valence-electron chi connectivity index (χ2n) is 6.48. The van der Waals surface area contributed by atoms with Gasteiger partial charge in [0, 0.05) is 12.6 Å². The van der Waals surface area contributed by atoms with E-state index in [0.717, 1.165) is 25.4 Å². The van der Waals surface area contributed by atoms with Crippen molar-refractivity contribution in [1.82, 2.24) is 15.1 Å². The van der Waals surface area contributed by atoms with Gasteiger partial charge in [-0.1, -0.05) is 46.0 Å². The van der Waals surface area contributed by atoms with Gasteiger partial charge in [-0.25, -0.2) is 0 Å². The Balaban J connectivity index is 2.11. The normalized spacial score (nSPS) is 18.0. The van der Waals surface area contributed by atoms with Gasteiger partial charge in [-0.3, -0.25) is 4.68 Å². The van der Waals surface area contributed by atoms with Crippen LogP contribution in [0.2, 0.25) is 0 Å². The first-order chi connectivity index (χ1) is 10.3. The summed E-state index contributed by atoms with van der Waals surface area (Å²) in [7, 11) is 0. The molecule has 0 bridgehead atoms. The maximum Gasteiger partial charge on any atom is 0.0625 e. The number of hydrogen-bond acceptors (Lipinski definition) is 2. The van der Waals surface area contributed by atoms with E-state index in [0.29, 0.717) is 6.04 Å². The molecule has 1 N–H and O–H groups in total. The van der Waals surface area contributed by atoms with Gasteiger partial charge in [0.05, 0.1) is 11.4 Å². The highest BCUT2D eigenvalue weighted by molar-refractivity contribution is 5.15. The van der Waals surface area contributed by atoms with Gasteiger partial charge in [-0.2, -0.15) is 5.10 Å². The van der Waals surface area contributed by atoms with Crippen molar-refractivity contribution in [2.24, 2.45) is 5.92 Å². The highest BCUT2D eigenvalue weighted by atomic mass is 15.3. The lowest BCUT2D eigenvalue weighted by Crippen LogP contribution is -2.27. The monoisotopic (exact) mass is 291 g/mol. The molecule has 1 aromatic rings. The summed E-state index contributed by atoms with van der Waals surface area (Å²) in [6, 6.07) is 2.82. The minimum absolute atomic E-state index is 0.487. The summed E-state index contributed by atoms with van der Waals surface area (Å²) in [5.41, 5.74) is 2.65. The molecule has 3 nitrogen and oxygen atoms in total. The Morgan fingerprint density at radius 3 is 2.62 bits per heavy atom. The Bertz CT molecular complexity index is 405. The van der Waals surface area contributed by atoms with Crippen LogP contribution in [0.1, 0.15) is 83.1 Å². The Labute approximate surface area is 130 Å². The summed E-state index contributed by atoms with van der Waals surface area (Å²) in [5, 5.41) is 8.53. The van der Waals surface area contributed by atoms with Gasteiger partial charge in [-0.15, -0.1) is 0 Å². The van der Waals surface area contributed by atoms with Gasteiger partial charge in [0.15, 0.2) is 0 Å². The average molecular weight is 291 g/mol. The second-order valence-corrected chi connectivity index (χ2v) is 6.48. The predicted octanol–water partition coefficient (Wildman–Crippen LogP) is 4.48. The number of aromatic nitrogens is 2. The smallest absolute Gasteiger partial charge is 0.0625 e. The van der Waals surface area contributed by atoms with E-state index < -0.39 is 0 Å². The van der Waals surface area contributed by atoms with Gasteiger partial charge >= 0.3 is 0 Å². The predicted molar refractivity (Wildman–Crippen MR) is 89.5 cm³/mol. The molecule has 1 aromatic heterocycles. The summed E-state index contributed by atoms with van der Waals surface area (Å²) < 4.78 is 2.22. The van der Waals surface area contributed by atoms with Gasteiger partial charge in [0.1, 0.15) is 0 Å². The molecule has 1 aliphatic carbocycles. The zero-order valence-electron chi connectivity index (χ0n) is 14.2. The van der Waals surface area contributed by atoms with E-state index in [4.69, 9.17) is 5.10 Å². The Kier molecular flexibility index (Phi) is 6.75. The molecule has 0 radical (unpaired) electrons. The van der Waals surface area contributed by atoms with Crippen LogP contribution in [0, 0.1) is 5.92 Å². The van der Waals surface area contributed by atoms with Gasteiger partial charge in [-0.05, 0) is 44.7 Å². The van der Waals surface area contributed by atoms with E-state index in [1.165, 1.54) is 56.3 Å². The van der Waals surface area contributed by atoms with E-state index in [1.807, 2.05) is 0 Å². The molecule has 1 saturated carbocycles. The van der Waals surface area contributed by atoms with Crippen molar-refractivity contribution in [2.75, 3.05) is 6.54 Å². The first-order valence-corrected chi connectivity index (χ1v) is 9.08. The first-order valence-electron chi connectivity index (χ1n) is 9.08. The van der Waals surface area contributed by atoms with E-state index in [1.54, 1.807) is 0 Å². The molecular weight excluding hydrogens is 258 g/mol. The number of hydrogen-bond donors (Lipinski definition) is 1. The molecule has 1 aliphatic rings. The first kappa shape index (κ1) is 16.5. The molecule has 3 heteroatoms. The number of aryl methyl sites for hydroxylation is 2. The molecule has 0 spiro atoms. The minimum Gasteiger partial charge on any atom is -0.309 e. The quantitative estimate of drug-likeness (QED) is 0.765. The molecular formula is C18H33N3. The lowest BCUT2D eigenvalue weighted by Gasteiger charge is -2.27. The summed E-state index contributed by atoms with van der Waals surface area (Å²) in [6.45, 7) is 8.73. The molecule has 0 amide bonds. The number of rotatable bonds is 8. The van der Waals surface area contributed by atoms with E-state index in [9.17, 15) is 0 Å². The van der Waals surface area contributed by atoms with Crippen molar-refractivity contribution < 1.29 is 0 Å². The molecule has 1 unspecified atom stereocenters. The van der Waals surface area contributed by atoms with Crippen LogP contribution in [0.15, 0.2) is 6.07 Å². The summed E-state index contributed by atoms with van der Waals surface area (Å²) in [6.07, 6.45) is 10.7. The third kappa shape index (κ3) is 4.57. The van der Waals surface area contributed by atoms with Crippen LogP contribution >= 0.6 is 0 Å². The number of nitrogens with one attached hydrogen (secondary N) is 1. The van der Waals surface area contributed by atoms with Crippen molar-refractivity contribution in [3.63, 3.8) is 0 Å². The maximum absolute atomic E-state index is 4.75. The van der Waals surface area contributed by atoms with Crippen LogP contribution in [0.25, 0.3) is 0 Å². The van der Waals surface area contributed by atoms with E-state index in [-0.39, 0.29) is 0 Å². The van der Waals surface area contributed by atoms with Crippen molar-refractivity contribution in [1.29, 1.82) is 0 Å². The van der Waals surface area contributed by atoms with Crippen LogP contribution in [0.4, 0.5) is 0 Å². The third-order valence-corrected chi connectivity index (χ3v) is 4.82. The Hall–Kier alpha value is -0.830. The summed E-state index contributed by atoms with van der Waals surface area (Å²) >= 11 is 0. The topological polar surface area (TPSA) is 29.9 Å². The zero-order chi connectivity index (χ0) is 15.1. The van der Waals surface area contributed by atoms with Gasteiger partial charge in [0.25, 0.3) is 0 Å². The maximum atomic E-state index is 4.75. The van der Waals surface area contributed by atoms with Crippen LogP contribution < -0.4 is 5.32 Å². The number of nitrogens with zero attached hydrogens (tertiary/aromatic N) is 2. The van der Waals surface area contributed by atoms with E-state index >= 15 is 0 Å². The molecule has 1 heterocycles. The average Bonchev–Trinajstić information content (AvgIpc) is 2.95. The second kappa shape index (κ2) is 8.57. The van der Waals surface area contributed by atoms with Crippen molar-refractivity contribution in [2.45, 2.75) is 84.7 Å². The SMILES string of the molecule is CCCNC(CC1CCCCC1)c1cc(CC)nn1CC. The fraction of sp³-hybridized carbons (Fsp3) is 0.833. The third-order valence-electron chi connectivity index (χ3n) is 4.82. The fourth-order valence-electron chi connectivity index (χ4n) is 3.58. The zero-order valence-corrected chi connectivity index (χ0v) is 14.2. The van der Waals surface area contributed by atoms with Crippen LogP contribution in [-0.4, -0.2) is 16.3 Å². The van der Waals surface area contributed by atoms with Crippen LogP contribution in [0.3, 0.4) is 0 Å². The molecule has 1 fully saturated rings. The Morgan fingerprint density at radius 2 is 2.00 bits per heavy atom.